The van der Waals surface area contributed by atoms with Gasteiger partial charge in [0.1, 0.15) is 0 Å². The van der Waals surface area contributed by atoms with Gasteiger partial charge in [0.05, 0.1) is 12.5 Å². The fourth-order valence-corrected chi connectivity index (χ4v) is 1.64. The van der Waals surface area contributed by atoms with Crippen molar-refractivity contribution >= 4 is 5.97 Å². The van der Waals surface area contributed by atoms with E-state index < -0.39 is 5.41 Å². The predicted molar refractivity (Wildman–Crippen MR) is 64.2 cm³/mol. The molecule has 0 fully saturated rings. The van der Waals surface area contributed by atoms with Crippen LogP contribution in [0, 0.1) is 5.41 Å². The quantitative estimate of drug-likeness (QED) is 0.671. The minimum absolute atomic E-state index is 0.182. The van der Waals surface area contributed by atoms with E-state index in [1.807, 2.05) is 13.8 Å². The number of rotatable bonds is 7. The number of aliphatic hydroxyl groups is 1. The summed E-state index contributed by atoms with van der Waals surface area (Å²) >= 11 is 0. The second kappa shape index (κ2) is 6.86. The maximum atomic E-state index is 11.6. The summed E-state index contributed by atoms with van der Waals surface area (Å²) in [6.07, 6.45) is 0.732. The first-order valence-electron chi connectivity index (χ1n) is 5.78. The molecule has 0 aliphatic carbocycles. The molecule has 4 nitrogen and oxygen atoms in total. The summed E-state index contributed by atoms with van der Waals surface area (Å²) in [7, 11) is 1.41. The Morgan fingerprint density at radius 1 is 1.44 bits per heavy atom. The number of aliphatic hydroxyl groups excluding tert-OH is 1. The summed E-state index contributed by atoms with van der Waals surface area (Å²) in [5, 5.41) is 8.83. The zero-order chi connectivity index (χ0) is 12.8. The van der Waals surface area contributed by atoms with Gasteiger partial charge in [-0.15, -0.1) is 0 Å². The van der Waals surface area contributed by atoms with Crippen LogP contribution >= 0.6 is 0 Å². The molecule has 0 atom stereocenters. The average Bonchev–Trinajstić information content (AvgIpc) is 2.22. The largest absolute Gasteiger partial charge is 0.469 e. The number of nitrogens with zero attached hydrogens (tertiary/aromatic N) is 1. The molecule has 0 rings (SSSR count). The van der Waals surface area contributed by atoms with Crippen LogP contribution in [0.4, 0.5) is 0 Å². The van der Waals surface area contributed by atoms with Gasteiger partial charge in [-0.05, 0) is 34.1 Å². The first kappa shape index (κ1) is 15.4. The Hall–Kier alpha value is -0.610. The van der Waals surface area contributed by atoms with Crippen LogP contribution in [-0.4, -0.2) is 48.8 Å². The topological polar surface area (TPSA) is 49.8 Å². The Kier molecular flexibility index (Phi) is 6.60. The van der Waals surface area contributed by atoms with Gasteiger partial charge in [-0.3, -0.25) is 9.69 Å². The molecule has 0 aromatic heterocycles. The number of hydrogen-bond acceptors (Lipinski definition) is 4. The van der Waals surface area contributed by atoms with Crippen molar-refractivity contribution in [2.75, 3.05) is 26.8 Å². The number of ether oxygens (including phenoxy) is 1. The molecular formula is C12H25NO3. The van der Waals surface area contributed by atoms with Gasteiger partial charge in [0, 0.05) is 25.7 Å². The van der Waals surface area contributed by atoms with Gasteiger partial charge in [0.2, 0.25) is 0 Å². The molecule has 16 heavy (non-hydrogen) atoms. The van der Waals surface area contributed by atoms with Gasteiger partial charge in [-0.1, -0.05) is 0 Å². The van der Waals surface area contributed by atoms with Crippen LogP contribution in [-0.2, 0) is 9.53 Å². The van der Waals surface area contributed by atoms with E-state index in [1.54, 1.807) is 0 Å². The number of carbonyl (C=O) groups is 1. The predicted octanol–water partition coefficient (Wildman–Crippen LogP) is 1.28. The minimum Gasteiger partial charge on any atom is -0.469 e. The lowest BCUT2D eigenvalue weighted by Crippen LogP contribution is -2.43. The van der Waals surface area contributed by atoms with Gasteiger partial charge in [0.25, 0.3) is 0 Å². The molecule has 4 heteroatoms. The van der Waals surface area contributed by atoms with Crippen LogP contribution in [0.15, 0.2) is 0 Å². The third-order valence-electron chi connectivity index (χ3n) is 2.67. The van der Waals surface area contributed by atoms with Crippen LogP contribution in [0.25, 0.3) is 0 Å². The smallest absolute Gasteiger partial charge is 0.312 e. The average molecular weight is 231 g/mol. The Morgan fingerprint density at radius 3 is 2.38 bits per heavy atom. The molecule has 0 heterocycles. The second-order valence-corrected chi connectivity index (χ2v) is 5.02. The van der Waals surface area contributed by atoms with Crippen LogP contribution in [0.3, 0.4) is 0 Å². The molecule has 0 aromatic rings. The summed E-state index contributed by atoms with van der Waals surface area (Å²) < 4.78 is 4.79. The summed E-state index contributed by atoms with van der Waals surface area (Å²) in [5.41, 5.74) is -0.505. The molecule has 0 saturated carbocycles. The highest BCUT2D eigenvalue weighted by atomic mass is 16.5. The first-order chi connectivity index (χ1) is 7.35. The lowest BCUT2D eigenvalue weighted by molar-refractivity contribution is -0.152. The molecule has 0 unspecified atom stereocenters. The van der Waals surface area contributed by atoms with E-state index in [2.05, 4.69) is 18.7 Å². The number of hydrogen-bond donors (Lipinski definition) is 1. The van der Waals surface area contributed by atoms with Crippen molar-refractivity contribution in [3.8, 4) is 0 Å². The molecule has 0 saturated heterocycles. The van der Waals surface area contributed by atoms with Gasteiger partial charge in [0.15, 0.2) is 0 Å². The van der Waals surface area contributed by atoms with E-state index in [4.69, 9.17) is 9.84 Å². The van der Waals surface area contributed by atoms with E-state index >= 15 is 0 Å². The summed E-state index contributed by atoms with van der Waals surface area (Å²) in [6, 6.07) is 0.357. The molecule has 0 spiro atoms. The normalized spacial score (nSPS) is 12.2. The van der Waals surface area contributed by atoms with Crippen LogP contribution in [0.5, 0.6) is 0 Å². The van der Waals surface area contributed by atoms with Gasteiger partial charge in [-0.25, -0.2) is 0 Å². The van der Waals surface area contributed by atoms with Crippen molar-refractivity contribution in [3.05, 3.63) is 0 Å². The van der Waals surface area contributed by atoms with E-state index in [0.717, 1.165) is 13.0 Å². The molecule has 0 amide bonds. The third-order valence-corrected chi connectivity index (χ3v) is 2.67. The van der Waals surface area contributed by atoms with Crippen LogP contribution in [0.1, 0.15) is 34.1 Å². The molecule has 0 aliphatic rings. The van der Waals surface area contributed by atoms with E-state index in [9.17, 15) is 4.79 Å². The lowest BCUT2D eigenvalue weighted by Gasteiger charge is -2.33. The van der Waals surface area contributed by atoms with Gasteiger partial charge < -0.3 is 9.84 Å². The Balaban J connectivity index is 4.42. The van der Waals surface area contributed by atoms with E-state index in [1.165, 1.54) is 7.11 Å². The van der Waals surface area contributed by atoms with Gasteiger partial charge >= 0.3 is 5.97 Å². The molecule has 1 N–H and O–H groups in total. The second-order valence-electron chi connectivity index (χ2n) is 5.02. The minimum atomic E-state index is -0.505. The van der Waals surface area contributed by atoms with E-state index in [-0.39, 0.29) is 12.6 Å². The number of esters is 1. The maximum Gasteiger partial charge on any atom is 0.312 e. The van der Waals surface area contributed by atoms with E-state index in [0.29, 0.717) is 12.6 Å². The highest BCUT2D eigenvalue weighted by Crippen LogP contribution is 2.20. The first-order valence-corrected chi connectivity index (χ1v) is 5.78. The highest BCUT2D eigenvalue weighted by Gasteiger charge is 2.31. The zero-order valence-electron chi connectivity index (χ0n) is 11.1. The maximum absolute atomic E-state index is 11.6. The fraction of sp³-hybridized carbons (Fsp3) is 0.917. The fourth-order valence-electron chi connectivity index (χ4n) is 1.64. The van der Waals surface area contributed by atoms with Crippen molar-refractivity contribution in [2.45, 2.75) is 40.2 Å². The molecule has 0 bridgehead atoms. The number of carbonyl (C=O) groups excluding carboxylic acids is 1. The zero-order valence-corrected chi connectivity index (χ0v) is 11.1. The Bertz CT molecular complexity index is 214. The lowest BCUT2D eigenvalue weighted by atomic mass is 9.92. The Labute approximate surface area is 98.6 Å². The molecule has 0 aromatic carbocycles. The summed E-state index contributed by atoms with van der Waals surface area (Å²) in [5.74, 6) is -0.192. The SMILES string of the molecule is COC(=O)C(C)(C)CN(CCCO)C(C)C. The van der Waals surface area contributed by atoms with Crippen molar-refractivity contribution in [1.82, 2.24) is 4.90 Å². The standard InChI is InChI=1S/C12H25NO3/c1-10(2)13(7-6-8-14)9-12(3,4)11(15)16-5/h10,14H,6-9H2,1-5H3. The van der Waals surface area contributed by atoms with Gasteiger partial charge in [-0.2, -0.15) is 0 Å². The molecule has 0 radical (unpaired) electrons. The molecule has 0 aliphatic heterocycles. The van der Waals surface area contributed by atoms with Crippen molar-refractivity contribution < 1.29 is 14.6 Å². The molecule has 96 valence electrons. The summed E-state index contributed by atoms with van der Waals surface area (Å²) in [6.45, 7) is 9.57. The van der Waals surface area contributed by atoms with Crippen molar-refractivity contribution in [1.29, 1.82) is 0 Å². The van der Waals surface area contributed by atoms with Crippen LogP contribution in [0.2, 0.25) is 0 Å². The monoisotopic (exact) mass is 231 g/mol. The highest BCUT2D eigenvalue weighted by molar-refractivity contribution is 5.76. The number of methoxy groups -OCH3 is 1. The molecular weight excluding hydrogens is 206 g/mol. The van der Waals surface area contributed by atoms with Crippen LogP contribution < -0.4 is 0 Å². The Morgan fingerprint density at radius 2 is 2.00 bits per heavy atom. The van der Waals surface area contributed by atoms with Crippen molar-refractivity contribution in [3.63, 3.8) is 0 Å². The third kappa shape index (κ3) is 4.94. The van der Waals surface area contributed by atoms with Crippen molar-refractivity contribution in [2.24, 2.45) is 5.41 Å². The summed E-state index contributed by atoms with van der Waals surface area (Å²) in [4.78, 5) is 13.8.